The molecule has 11 heavy (non-hydrogen) atoms. The van der Waals surface area contributed by atoms with E-state index in [9.17, 15) is 18.0 Å². The van der Waals surface area contributed by atoms with Gasteiger partial charge in [-0.2, -0.15) is 13.2 Å². The van der Waals surface area contributed by atoms with E-state index >= 15 is 0 Å². The number of hydrogen-bond donors (Lipinski definition) is 1. The van der Waals surface area contributed by atoms with Crippen LogP contribution in [0.25, 0.3) is 0 Å². The fourth-order valence-electron chi connectivity index (χ4n) is 0.688. The largest absolute Gasteiger partial charge is 0.397 e. The zero-order chi connectivity index (χ0) is 8.48. The third-order valence-corrected chi connectivity index (χ3v) is 1.30. The molecule has 1 amide bonds. The van der Waals surface area contributed by atoms with E-state index in [2.05, 4.69) is 5.32 Å². The fourth-order valence-corrected chi connectivity index (χ4v) is 0.688. The molecular formula is C6H8F3NO. The van der Waals surface area contributed by atoms with Crippen LogP contribution in [0.15, 0.2) is 0 Å². The lowest BCUT2D eigenvalue weighted by atomic mass is 10.4. The average Bonchev–Trinajstić information content (AvgIpc) is 2.42. The van der Waals surface area contributed by atoms with Crippen molar-refractivity contribution < 1.29 is 18.0 Å². The SMILES string of the molecule is O=C(CC(F)(F)F)NC1CC1. The first-order valence-corrected chi connectivity index (χ1v) is 3.33. The van der Waals surface area contributed by atoms with Crippen molar-refractivity contribution in [2.75, 3.05) is 0 Å². The molecule has 2 nitrogen and oxygen atoms in total. The summed E-state index contributed by atoms with van der Waals surface area (Å²) in [5.41, 5.74) is 0. The summed E-state index contributed by atoms with van der Waals surface area (Å²) in [4.78, 5) is 10.5. The number of halogens is 3. The van der Waals surface area contributed by atoms with Gasteiger partial charge in [-0.15, -0.1) is 0 Å². The normalized spacial score (nSPS) is 18.1. The number of hydrogen-bond acceptors (Lipinski definition) is 1. The second kappa shape index (κ2) is 2.71. The van der Waals surface area contributed by atoms with E-state index in [4.69, 9.17) is 0 Å². The number of carbonyl (C=O) groups excluding carboxylic acids is 1. The van der Waals surface area contributed by atoms with Crippen molar-refractivity contribution in [2.24, 2.45) is 0 Å². The smallest absolute Gasteiger partial charge is 0.353 e. The van der Waals surface area contributed by atoms with E-state index in [1.54, 1.807) is 0 Å². The molecular weight excluding hydrogens is 159 g/mol. The maximum absolute atomic E-state index is 11.5. The lowest BCUT2D eigenvalue weighted by Crippen LogP contribution is -2.29. The molecule has 1 aliphatic carbocycles. The van der Waals surface area contributed by atoms with Crippen molar-refractivity contribution in [3.8, 4) is 0 Å². The summed E-state index contributed by atoms with van der Waals surface area (Å²) in [5.74, 6) is -0.917. The van der Waals surface area contributed by atoms with Gasteiger partial charge in [-0.05, 0) is 12.8 Å². The summed E-state index contributed by atoms with van der Waals surface area (Å²) in [6, 6.07) is 0.00449. The van der Waals surface area contributed by atoms with Crippen LogP contribution in [0.5, 0.6) is 0 Å². The molecule has 0 aromatic rings. The van der Waals surface area contributed by atoms with Crippen molar-refractivity contribution in [3.05, 3.63) is 0 Å². The summed E-state index contributed by atoms with van der Waals surface area (Å²) in [5, 5.41) is 2.25. The van der Waals surface area contributed by atoms with Crippen LogP contribution in [0.1, 0.15) is 19.3 Å². The monoisotopic (exact) mass is 167 g/mol. The van der Waals surface area contributed by atoms with Crippen molar-refractivity contribution in [1.29, 1.82) is 0 Å². The highest BCUT2D eigenvalue weighted by atomic mass is 19.4. The Labute approximate surface area is 61.8 Å². The standard InChI is InChI=1S/C6H8F3NO/c7-6(8,9)3-5(11)10-4-1-2-4/h4H,1-3H2,(H,10,11). The average molecular weight is 167 g/mol. The second-order valence-corrected chi connectivity index (χ2v) is 2.63. The molecule has 1 aliphatic rings. The van der Waals surface area contributed by atoms with Crippen LogP contribution in [-0.4, -0.2) is 18.1 Å². The van der Waals surface area contributed by atoms with E-state index in [0.29, 0.717) is 0 Å². The van der Waals surface area contributed by atoms with Gasteiger partial charge in [0.2, 0.25) is 5.91 Å². The van der Waals surface area contributed by atoms with E-state index in [0.717, 1.165) is 12.8 Å². The van der Waals surface area contributed by atoms with Crippen molar-refractivity contribution in [2.45, 2.75) is 31.5 Å². The highest BCUT2D eigenvalue weighted by molar-refractivity contribution is 5.77. The maximum atomic E-state index is 11.5. The Morgan fingerprint density at radius 2 is 2.00 bits per heavy atom. The van der Waals surface area contributed by atoms with Crippen molar-refractivity contribution >= 4 is 5.91 Å². The van der Waals surface area contributed by atoms with Gasteiger partial charge < -0.3 is 5.32 Å². The Morgan fingerprint density at radius 1 is 1.45 bits per heavy atom. The van der Waals surface area contributed by atoms with Gasteiger partial charge in [0, 0.05) is 6.04 Å². The molecule has 0 aromatic carbocycles. The van der Waals surface area contributed by atoms with Crippen molar-refractivity contribution in [3.63, 3.8) is 0 Å². The Bertz CT molecular complexity index is 162. The maximum Gasteiger partial charge on any atom is 0.397 e. The third-order valence-electron chi connectivity index (χ3n) is 1.30. The first-order chi connectivity index (χ1) is 4.97. The van der Waals surface area contributed by atoms with Gasteiger partial charge in [-0.25, -0.2) is 0 Å². The zero-order valence-corrected chi connectivity index (χ0v) is 5.74. The summed E-state index contributed by atoms with van der Waals surface area (Å²) in [6.07, 6.45) is -4.12. The van der Waals surface area contributed by atoms with Crippen molar-refractivity contribution in [1.82, 2.24) is 5.32 Å². The third kappa shape index (κ3) is 3.85. The van der Waals surface area contributed by atoms with Gasteiger partial charge in [0.15, 0.2) is 0 Å². The minimum Gasteiger partial charge on any atom is -0.353 e. The molecule has 1 rings (SSSR count). The summed E-state index contributed by atoms with van der Waals surface area (Å²) < 4.78 is 34.5. The predicted molar refractivity (Wildman–Crippen MR) is 31.8 cm³/mol. The molecule has 1 fully saturated rings. The number of carbonyl (C=O) groups is 1. The lowest BCUT2D eigenvalue weighted by molar-refractivity contribution is -0.153. The van der Waals surface area contributed by atoms with Crippen LogP contribution in [0.3, 0.4) is 0 Å². The Balaban J connectivity index is 2.19. The number of amides is 1. The van der Waals surface area contributed by atoms with Gasteiger partial charge in [0.05, 0.1) is 0 Å². The molecule has 0 spiro atoms. The topological polar surface area (TPSA) is 29.1 Å². The van der Waals surface area contributed by atoms with Crippen LogP contribution >= 0.6 is 0 Å². The van der Waals surface area contributed by atoms with E-state index in [1.165, 1.54) is 0 Å². The molecule has 64 valence electrons. The molecule has 0 aliphatic heterocycles. The Kier molecular flexibility index (Phi) is 2.06. The first-order valence-electron chi connectivity index (χ1n) is 3.33. The fraction of sp³-hybridized carbons (Fsp3) is 0.833. The molecule has 0 unspecified atom stereocenters. The van der Waals surface area contributed by atoms with Crippen LogP contribution in [0, 0.1) is 0 Å². The van der Waals surface area contributed by atoms with Gasteiger partial charge in [0.1, 0.15) is 6.42 Å². The summed E-state index contributed by atoms with van der Waals surface area (Å²) in [7, 11) is 0. The number of alkyl halides is 3. The van der Waals surface area contributed by atoms with Crippen LogP contribution in [0.2, 0.25) is 0 Å². The van der Waals surface area contributed by atoms with Crippen LogP contribution in [0.4, 0.5) is 13.2 Å². The molecule has 0 bridgehead atoms. The minimum atomic E-state index is -4.38. The molecule has 0 radical (unpaired) electrons. The molecule has 1 saturated carbocycles. The quantitative estimate of drug-likeness (QED) is 0.658. The number of nitrogens with one attached hydrogen (secondary N) is 1. The highest BCUT2D eigenvalue weighted by Crippen LogP contribution is 2.22. The molecule has 1 N–H and O–H groups in total. The lowest BCUT2D eigenvalue weighted by Gasteiger charge is -2.05. The summed E-state index contributed by atoms with van der Waals surface area (Å²) in [6.45, 7) is 0. The molecule has 0 aromatic heterocycles. The van der Waals surface area contributed by atoms with Gasteiger partial charge in [-0.3, -0.25) is 4.79 Å². The Hall–Kier alpha value is -0.740. The second-order valence-electron chi connectivity index (χ2n) is 2.63. The molecule has 0 atom stereocenters. The zero-order valence-electron chi connectivity index (χ0n) is 5.74. The van der Waals surface area contributed by atoms with Gasteiger partial charge in [-0.1, -0.05) is 0 Å². The number of rotatable bonds is 2. The summed E-state index contributed by atoms with van der Waals surface area (Å²) >= 11 is 0. The first kappa shape index (κ1) is 8.36. The minimum absolute atomic E-state index is 0.00449. The highest BCUT2D eigenvalue weighted by Gasteiger charge is 2.33. The van der Waals surface area contributed by atoms with E-state index in [-0.39, 0.29) is 6.04 Å². The molecule has 0 saturated heterocycles. The predicted octanol–water partition coefficient (Wildman–Crippen LogP) is 1.22. The van der Waals surface area contributed by atoms with Gasteiger partial charge in [0.25, 0.3) is 0 Å². The molecule has 5 heteroatoms. The van der Waals surface area contributed by atoms with Crippen LogP contribution in [-0.2, 0) is 4.79 Å². The van der Waals surface area contributed by atoms with E-state index in [1.807, 2.05) is 0 Å². The Morgan fingerprint density at radius 3 is 2.36 bits per heavy atom. The van der Waals surface area contributed by atoms with Gasteiger partial charge >= 0.3 is 6.18 Å². The van der Waals surface area contributed by atoms with Crippen LogP contribution < -0.4 is 5.32 Å². The molecule has 0 heterocycles. The van der Waals surface area contributed by atoms with E-state index < -0.39 is 18.5 Å².